The van der Waals surface area contributed by atoms with Gasteiger partial charge in [0.15, 0.2) is 0 Å². The van der Waals surface area contributed by atoms with Crippen LogP contribution < -0.4 is 10.1 Å². The van der Waals surface area contributed by atoms with Gasteiger partial charge < -0.3 is 14.5 Å². The number of nitrogens with zero attached hydrogens (tertiary/aromatic N) is 1. The molecule has 1 aromatic heterocycles. The van der Waals surface area contributed by atoms with Crippen molar-refractivity contribution in [1.82, 2.24) is 10.3 Å². The molecular weight excluding hydrogens is 248 g/mol. The van der Waals surface area contributed by atoms with E-state index in [1.165, 1.54) is 5.56 Å². The molecule has 18 heavy (non-hydrogen) atoms. The molecule has 0 fully saturated rings. The van der Waals surface area contributed by atoms with E-state index in [1.54, 1.807) is 31.3 Å². The Morgan fingerprint density at radius 1 is 1.39 bits per heavy atom. The minimum atomic E-state index is 0.257. The Balaban J connectivity index is 1.98. The van der Waals surface area contributed by atoms with Crippen LogP contribution in [0, 0.1) is 0 Å². The second-order valence-electron chi connectivity index (χ2n) is 3.72. The van der Waals surface area contributed by atoms with Gasteiger partial charge in [-0.25, -0.2) is 4.98 Å². The summed E-state index contributed by atoms with van der Waals surface area (Å²) in [6, 6.07) is 8.32. The summed E-state index contributed by atoms with van der Waals surface area (Å²) in [4.78, 5) is 4.09. The standard InChI is InChI=1S/C13H16N2O2S/c1-14-12(9-18-13-15-7-8-17-13)10-3-5-11(16-2)6-4-10/h3-8,12,14H,9H2,1-2H3. The molecule has 1 aromatic carbocycles. The first-order valence-electron chi connectivity index (χ1n) is 5.67. The number of benzene rings is 1. The van der Waals surface area contributed by atoms with Crippen molar-refractivity contribution in [2.45, 2.75) is 11.3 Å². The minimum Gasteiger partial charge on any atom is -0.497 e. The maximum Gasteiger partial charge on any atom is 0.255 e. The second kappa shape index (κ2) is 6.47. The lowest BCUT2D eigenvalue weighted by molar-refractivity contribution is 0.414. The monoisotopic (exact) mass is 264 g/mol. The van der Waals surface area contributed by atoms with Crippen molar-refractivity contribution in [3.05, 3.63) is 42.3 Å². The molecule has 0 saturated carbocycles. The van der Waals surface area contributed by atoms with E-state index in [0.29, 0.717) is 5.22 Å². The molecule has 0 aliphatic heterocycles. The highest BCUT2D eigenvalue weighted by Gasteiger charge is 2.11. The van der Waals surface area contributed by atoms with Gasteiger partial charge in [-0.15, -0.1) is 0 Å². The van der Waals surface area contributed by atoms with E-state index >= 15 is 0 Å². The molecule has 1 heterocycles. The van der Waals surface area contributed by atoms with Crippen molar-refractivity contribution in [3.63, 3.8) is 0 Å². The summed E-state index contributed by atoms with van der Waals surface area (Å²) in [5.41, 5.74) is 1.22. The highest BCUT2D eigenvalue weighted by molar-refractivity contribution is 7.99. The molecule has 5 heteroatoms. The molecule has 0 amide bonds. The molecule has 0 aliphatic carbocycles. The Morgan fingerprint density at radius 2 is 2.17 bits per heavy atom. The number of methoxy groups -OCH3 is 1. The van der Waals surface area contributed by atoms with Gasteiger partial charge in [0.25, 0.3) is 5.22 Å². The highest BCUT2D eigenvalue weighted by Crippen LogP contribution is 2.24. The second-order valence-corrected chi connectivity index (χ2v) is 4.69. The molecule has 1 N–H and O–H groups in total. The van der Waals surface area contributed by atoms with Gasteiger partial charge in [-0.1, -0.05) is 23.9 Å². The van der Waals surface area contributed by atoms with Crippen LogP contribution in [0.1, 0.15) is 11.6 Å². The summed E-state index contributed by atoms with van der Waals surface area (Å²) in [7, 11) is 3.62. The number of thioether (sulfide) groups is 1. The summed E-state index contributed by atoms with van der Waals surface area (Å²) in [6.45, 7) is 0. The zero-order valence-corrected chi connectivity index (χ0v) is 11.2. The third-order valence-electron chi connectivity index (χ3n) is 2.65. The van der Waals surface area contributed by atoms with E-state index in [4.69, 9.17) is 9.15 Å². The average Bonchev–Trinajstić information content (AvgIpc) is 2.93. The molecule has 0 radical (unpaired) electrons. The smallest absolute Gasteiger partial charge is 0.255 e. The number of aromatic nitrogens is 1. The molecule has 4 nitrogen and oxygen atoms in total. The first-order chi connectivity index (χ1) is 8.83. The topological polar surface area (TPSA) is 47.3 Å². The Morgan fingerprint density at radius 3 is 2.72 bits per heavy atom. The Hall–Kier alpha value is -1.46. The predicted octanol–water partition coefficient (Wildman–Crippen LogP) is 2.74. The van der Waals surface area contributed by atoms with Gasteiger partial charge in [-0.05, 0) is 24.7 Å². The molecule has 2 rings (SSSR count). The molecule has 2 aromatic rings. The Labute approximate surface area is 111 Å². The number of hydrogen-bond donors (Lipinski definition) is 1. The summed E-state index contributed by atoms with van der Waals surface area (Å²) in [5, 5.41) is 3.99. The van der Waals surface area contributed by atoms with Crippen LogP contribution in [-0.2, 0) is 0 Å². The lowest BCUT2D eigenvalue weighted by atomic mass is 10.1. The van der Waals surface area contributed by atoms with Crippen LogP contribution in [0.25, 0.3) is 0 Å². The largest absolute Gasteiger partial charge is 0.497 e. The molecule has 0 aliphatic rings. The first-order valence-corrected chi connectivity index (χ1v) is 6.65. The van der Waals surface area contributed by atoms with Crippen LogP contribution in [0.15, 0.2) is 46.4 Å². The van der Waals surface area contributed by atoms with Gasteiger partial charge in [0.1, 0.15) is 12.0 Å². The zero-order valence-electron chi connectivity index (χ0n) is 10.4. The zero-order chi connectivity index (χ0) is 12.8. The summed E-state index contributed by atoms with van der Waals surface area (Å²) in [5.74, 6) is 1.73. The quantitative estimate of drug-likeness (QED) is 0.813. The van der Waals surface area contributed by atoms with Gasteiger partial charge in [0.2, 0.25) is 0 Å². The highest BCUT2D eigenvalue weighted by atomic mass is 32.2. The number of nitrogens with one attached hydrogen (secondary N) is 1. The lowest BCUT2D eigenvalue weighted by Crippen LogP contribution is -2.18. The van der Waals surface area contributed by atoms with E-state index in [1.807, 2.05) is 19.2 Å². The number of ether oxygens (including phenoxy) is 1. The number of rotatable bonds is 6. The van der Waals surface area contributed by atoms with Gasteiger partial charge in [0.05, 0.1) is 13.3 Å². The van der Waals surface area contributed by atoms with Crippen molar-refractivity contribution in [1.29, 1.82) is 0 Å². The summed E-state index contributed by atoms with van der Waals surface area (Å²) >= 11 is 1.59. The minimum absolute atomic E-state index is 0.257. The summed E-state index contributed by atoms with van der Waals surface area (Å²) < 4.78 is 10.4. The van der Waals surface area contributed by atoms with Crippen LogP contribution in [0.4, 0.5) is 0 Å². The van der Waals surface area contributed by atoms with E-state index < -0.39 is 0 Å². The van der Waals surface area contributed by atoms with Crippen molar-refractivity contribution in [2.24, 2.45) is 0 Å². The SMILES string of the molecule is CNC(CSc1ncco1)c1ccc(OC)cc1. The third kappa shape index (κ3) is 3.27. The van der Waals surface area contributed by atoms with Crippen molar-refractivity contribution < 1.29 is 9.15 Å². The summed E-state index contributed by atoms with van der Waals surface area (Å²) in [6.07, 6.45) is 3.24. The van der Waals surface area contributed by atoms with Crippen LogP contribution in [0.5, 0.6) is 5.75 Å². The van der Waals surface area contributed by atoms with Crippen molar-refractivity contribution in [3.8, 4) is 5.75 Å². The van der Waals surface area contributed by atoms with Gasteiger partial charge in [-0.2, -0.15) is 0 Å². The van der Waals surface area contributed by atoms with Gasteiger partial charge in [-0.3, -0.25) is 0 Å². The first kappa shape index (κ1) is 13.0. The van der Waals surface area contributed by atoms with Gasteiger partial charge in [0, 0.05) is 11.8 Å². The number of hydrogen-bond acceptors (Lipinski definition) is 5. The number of oxazole rings is 1. The lowest BCUT2D eigenvalue weighted by Gasteiger charge is -2.15. The predicted molar refractivity (Wildman–Crippen MR) is 72.0 cm³/mol. The van der Waals surface area contributed by atoms with Crippen molar-refractivity contribution >= 4 is 11.8 Å². The Bertz CT molecular complexity index is 456. The van der Waals surface area contributed by atoms with Crippen LogP contribution >= 0.6 is 11.8 Å². The fourth-order valence-corrected chi connectivity index (χ4v) is 2.55. The maximum atomic E-state index is 5.20. The van der Waals surface area contributed by atoms with E-state index in [2.05, 4.69) is 22.4 Å². The molecule has 96 valence electrons. The Kier molecular flexibility index (Phi) is 4.66. The molecule has 1 unspecified atom stereocenters. The maximum absolute atomic E-state index is 5.20. The third-order valence-corrected chi connectivity index (χ3v) is 3.60. The van der Waals surface area contributed by atoms with Crippen LogP contribution in [-0.4, -0.2) is 24.9 Å². The van der Waals surface area contributed by atoms with E-state index in [0.717, 1.165) is 11.5 Å². The van der Waals surface area contributed by atoms with E-state index in [9.17, 15) is 0 Å². The fourth-order valence-electron chi connectivity index (χ4n) is 1.62. The van der Waals surface area contributed by atoms with Crippen LogP contribution in [0.2, 0.25) is 0 Å². The normalized spacial score (nSPS) is 12.3. The van der Waals surface area contributed by atoms with Crippen molar-refractivity contribution in [2.75, 3.05) is 19.9 Å². The van der Waals surface area contributed by atoms with E-state index in [-0.39, 0.29) is 6.04 Å². The molecule has 0 saturated heterocycles. The fraction of sp³-hybridized carbons (Fsp3) is 0.308. The molecule has 1 atom stereocenters. The van der Waals surface area contributed by atoms with Crippen LogP contribution in [0.3, 0.4) is 0 Å². The van der Waals surface area contributed by atoms with Gasteiger partial charge >= 0.3 is 0 Å². The molecule has 0 spiro atoms. The molecular formula is C13H16N2O2S. The average molecular weight is 264 g/mol. The molecule has 0 bridgehead atoms.